The Bertz CT molecular complexity index is 589. The number of hydrogen-bond donors (Lipinski definition) is 2. The van der Waals surface area contributed by atoms with Crippen LogP contribution in [0.1, 0.15) is 18.9 Å². The van der Waals surface area contributed by atoms with Crippen LogP contribution in [0, 0.1) is 12.7 Å². The summed E-state index contributed by atoms with van der Waals surface area (Å²) >= 11 is 0. The van der Waals surface area contributed by atoms with Crippen LogP contribution in [0.25, 0.3) is 0 Å². The molecule has 1 heterocycles. The second-order valence-corrected chi connectivity index (χ2v) is 6.41. The number of aryl methyl sites for hydroxylation is 1. The summed E-state index contributed by atoms with van der Waals surface area (Å²) in [4.78, 5) is -0.422. The first kappa shape index (κ1) is 14.2. The molecule has 0 radical (unpaired) electrons. The Labute approximate surface area is 112 Å². The minimum Gasteiger partial charge on any atom is -0.398 e. The Morgan fingerprint density at radius 1 is 1.47 bits per heavy atom. The molecule has 1 aliphatic rings. The molecule has 2 rings (SSSR count). The van der Waals surface area contributed by atoms with E-state index in [9.17, 15) is 12.8 Å². The lowest BCUT2D eigenvalue weighted by Crippen LogP contribution is -2.39. The third-order valence-corrected chi connectivity index (χ3v) is 4.80. The van der Waals surface area contributed by atoms with Crippen LogP contribution in [-0.4, -0.2) is 27.2 Å². The van der Waals surface area contributed by atoms with Crippen LogP contribution in [0.5, 0.6) is 0 Å². The number of rotatable bonds is 3. The summed E-state index contributed by atoms with van der Waals surface area (Å²) in [5, 5.41) is 0. The van der Waals surface area contributed by atoms with Crippen LogP contribution < -0.4 is 10.5 Å². The average Bonchev–Trinajstić information content (AvgIpc) is 2.69. The number of benzene rings is 1. The van der Waals surface area contributed by atoms with Gasteiger partial charge in [-0.25, -0.2) is 17.5 Å². The normalized spacial score (nSPS) is 23.7. The molecule has 1 saturated heterocycles. The van der Waals surface area contributed by atoms with Gasteiger partial charge in [0.05, 0.1) is 12.1 Å². The zero-order valence-electron chi connectivity index (χ0n) is 10.8. The first-order valence-electron chi connectivity index (χ1n) is 6.01. The topological polar surface area (TPSA) is 81.4 Å². The average molecular weight is 288 g/mol. The highest BCUT2D eigenvalue weighted by molar-refractivity contribution is 7.89. The second-order valence-electron chi connectivity index (χ2n) is 4.73. The molecule has 2 unspecified atom stereocenters. The van der Waals surface area contributed by atoms with Gasteiger partial charge in [-0.1, -0.05) is 0 Å². The maximum absolute atomic E-state index is 13.8. The van der Waals surface area contributed by atoms with Gasteiger partial charge in [-0.2, -0.15) is 0 Å². The van der Waals surface area contributed by atoms with E-state index in [1.165, 1.54) is 0 Å². The van der Waals surface area contributed by atoms with Crippen molar-refractivity contribution in [3.8, 4) is 0 Å². The fourth-order valence-corrected chi connectivity index (χ4v) is 3.46. The first-order chi connectivity index (χ1) is 8.81. The van der Waals surface area contributed by atoms with E-state index >= 15 is 0 Å². The fourth-order valence-electron chi connectivity index (χ4n) is 2.02. The number of sulfonamides is 1. The predicted octanol–water partition coefficient (Wildman–Crippen LogP) is 1.17. The van der Waals surface area contributed by atoms with E-state index in [1.54, 1.807) is 13.8 Å². The van der Waals surface area contributed by atoms with E-state index < -0.39 is 20.7 Å². The smallest absolute Gasteiger partial charge is 0.243 e. The molecule has 3 N–H and O–H groups in total. The zero-order chi connectivity index (χ0) is 14.2. The van der Waals surface area contributed by atoms with Gasteiger partial charge in [-0.05, 0) is 38.0 Å². The Morgan fingerprint density at radius 3 is 2.74 bits per heavy atom. The number of anilines is 1. The molecule has 5 nitrogen and oxygen atoms in total. The summed E-state index contributed by atoms with van der Waals surface area (Å²) in [6, 6.07) is 1.93. The molecule has 0 aliphatic carbocycles. The summed E-state index contributed by atoms with van der Waals surface area (Å²) in [5.41, 5.74) is 6.39. The molecule has 19 heavy (non-hydrogen) atoms. The number of halogens is 1. The number of nitrogens with one attached hydrogen (secondary N) is 1. The van der Waals surface area contributed by atoms with Crippen molar-refractivity contribution in [1.29, 1.82) is 0 Å². The van der Waals surface area contributed by atoms with Gasteiger partial charge in [-0.3, -0.25) is 0 Å². The number of hydrogen-bond acceptors (Lipinski definition) is 4. The molecular weight excluding hydrogens is 271 g/mol. The van der Waals surface area contributed by atoms with Crippen molar-refractivity contribution in [2.24, 2.45) is 0 Å². The van der Waals surface area contributed by atoms with Gasteiger partial charge in [0, 0.05) is 12.3 Å². The van der Waals surface area contributed by atoms with Gasteiger partial charge in [-0.15, -0.1) is 0 Å². The third-order valence-electron chi connectivity index (χ3n) is 3.29. The van der Waals surface area contributed by atoms with Crippen molar-refractivity contribution >= 4 is 15.7 Å². The quantitative estimate of drug-likeness (QED) is 0.818. The third kappa shape index (κ3) is 2.88. The van der Waals surface area contributed by atoms with Crippen molar-refractivity contribution in [2.45, 2.75) is 37.3 Å². The Hall–Kier alpha value is -1.18. The van der Waals surface area contributed by atoms with Crippen molar-refractivity contribution < 1.29 is 17.5 Å². The van der Waals surface area contributed by atoms with Crippen molar-refractivity contribution in [2.75, 3.05) is 12.3 Å². The standard InChI is InChI=1S/C12H17FN2O3S/c1-7-5-9(13)12(6-10(7)14)19(16,17)15-11-3-4-18-8(11)2/h5-6,8,11,15H,3-4,14H2,1-2H3. The molecule has 1 aliphatic heterocycles. The zero-order valence-corrected chi connectivity index (χ0v) is 11.6. The fraction of sp³-hybridized carbons (Fsp3) is 0.500. The van der Waals surface area contributed by atoms with Gasteiger partial charge in [0.1, 0.15) is 10.7 Å². The molecule has 2 atom stereocenters. The number of ether oxygens (including phenoxy) is 1. The lowest BCUT2D eigenvalue weighted by molar-refractivity contribution is 0.117. The van der Waals surface area contributed by atoms with Crippen LogP contribution in [0.4, 0.5) is 10.1 Å². The monoisotopic (exact) mass is 288 g/mol. The van der Waals surface area contributed by atoms with E-state index in [4.69, 9.17) is 10.5 Å². The summed E-state index contributed by atoms with van der Waals surface area (Å²) < 4.78 is 45.8. The number of nitrogen functional groups attached to an aromatic ring is 1. The molecule has 1 aromatic rings. The molecular formula is C12H17FN2O3S. The number of nitrogens with two attached hydrogens (primary N) is 1. The maximum Gasteiger partial charge on any atom is 0.243 e. The van der Waals surface area contributed by atoms with Crippen molar-refractivity contribution in [3.05, 3.63) is 23.5 Å². The molecule has 1 fully saturated rings. The SMILES string of the molecule is Cc1cc(F)c(S(=O)(=O)NC2CCOC2C)cc1N. The molecule has 0 saturated carbocycles. The highest BCUT2D eigenvalue weighted by Gasteiger charge is 2.30. The summed E-state index contributed by atoms with van der Waals surface area (Å²) in [7, 11) is -3.93. The van der Waals surface area contributed by atoms with Crippen molar-refractivity contribution in [1.82, 2.24) is 4.72 Å². The molecule has 0 bridgehead atoms. The molecule has 0 aromatic heterocycles. The lowest BCUT2D eigenvalue weighted by atomic mass is 10.2. The van der Waals surface area contributed by atoms with Gasteiger partial charge in [0.2, 0.25) is 10.0 Å². The molecule has 0 spiro atoms. The van der Waals surface area contributed by atoms with E-state index in [2.05, 4.69) is 4.72 Å². The van der Waals surface area contributed by atoms with Crippen LogP contribution >= 0.6 is 0 Å². The lowest BCUT2D eigenvalue weighted by Gasteiger charge is -2.17. The minimum atomic E-state index is -3.93. The molecule has 106 valence electrons. The van der Waals surface area contributed by atoms with Crippen LogP contribution in [0.15, 0.2) is 17.0 Å². The Balaban J connectivity index is 2.32. The van der Waals surface area contributed by atoms with Gasteiger partial charge in [0.25, 0.3) is 0 Å². The maximum atomic E-state index is 13.8. The van der Waals surface area contributed by atoms with Gasteiger partial charge < -0.3 is 10.5 Å². The van der Waals surface area contributed by atoms with Crippen LogP contribution in [0.3, 0.4) is 0 Å². The largest absolute Gasteiger partial charge is 0.398 e. The molecule has 1 aromatic carbocycles. The Kier molecular flexibility index (Phi) is 3.80. The van der Waals surface area contributed by atoms with Gasteiger partial charge >= 0.3 is 0 Å². The molecule has 7 heteroatoms. The highest BCUT2D eigenvalue weighted by Crippen LogP contribution is 2.23. The van der Waals surface area contributed by atoms with Crippen LogP contribution in [0.2, 0.25) is 0 Å². The summed E-state index contributed by atoms with van der Waals surface area (Å²) in [5.74, 6) is -0.800. The van der Waals surface area contributed by atoms with E-state index in [1.807, 2.05) is 0 Å². The first-order valence-corrected chi connectivity index (χ1v) is 7.49. The van der Waals surface area contributed by atoms with Crippen molar-refractivity contribution in [3.63, 3.8) is 0 Å². The van der Waals surface area contributed by atoms with E-state index in [0.717, 1.165) is 12.1 Å². The predicted molar refractivity (Wildman–Crippen MR) is 69.7 cm³/mol. The minimum absolute atomic E-state index is 0.222. The van der Waals surface area contributed by atoms with E-state index in [0.29, 0.717) is 18.6 Å². The van der Waals surface area contributed by atoms with Gasteiger partial charge in [0.15, 0.2) is 0 Å². The second kappa shape index (κ2) is 5.07. The Morgan fingerprint density at radius 2 is 2.16 bits per heavy atom. The summed E-state index contributed by atoms with van der Waals surface area (Å²) in [6.45, 7) is 3.89. The highest BCUT2D eigenvalue weighted by atomic mass is 32.2. The summed E-state index contributed by atoms with van der Waals surface area (Å²) in [6.07, 6.45) is 0.351. The van der Waals surface area contributed by atoms with E-state index in [-0.39, 0.29) is 17.8 Å². The molecule has 0 amide bonds. The van der Waals surface area contributed by atoms with Crippen LogP contribution in [-0.2, 0) is 14.8 Å².